The van der Waals surface area contributed by atoms with Crippen molar-refractivity contribution in [2.75, 3.05) is 40.9 Å². The van der Waals surface area contributed by atoms with Gasteiger partial charge in [0.25, 0.3) is 5.91 Å². The second kappa shape index (κ2) is 9.94. The number of rotatable bonds is 7. The largest absolute Gasteiger partial charge is 0.508 e. The van der Waals surface area contributed by atoms with Gasteiger partial charge >= 0.3 is 0 Å². The Labute approximate surface area is 236 Å². The quantitative estimate of drug-likeness (QED) is 0.274. The first-order valence-corrected chi connectivity index (χ1v) is 14.2. The predicted molar refractivity (Wildman–Crippen MR) is 161 cm³/mol. The van der Waals surface area contributed by atoms with Gasteiger partial charge in [-0.05, 0) is 58.0 Å². The van der Waals surface area contributed by atoms with Crippen LogP contribution in [0.2, 0.25) is 0 Å². The molecule has 0 aliphatic carbocycles. The fourth-order valence-corrected chi connectivity index (χ4v) is 6.48. The number of anilines is 3. The van der Waals surface area contributed by atoms with Gasteiger partial charge in [0.1, 0.15) is 22.8 Å². The molecule has 0 saturated heterocycles. The lowest BCUT2D eigenvalue weighted by atomic mass is 9.74. The van der Waals surface area contributed by atoms with Crippen molar-refractivity contribution >= 4 is 23.0 Å². The van der Waals surface area contributed by atoms with Crippen molar-refractivity contribution in [1.29, 1.82) is 0 Å². The van der Waals surface area contributed by atoms with Crippen LogP contribution in [-0.4, -0.2) is 37.2 Å². The van der Waals surface area contributed by atoms with Gasteiger partial charge in [-0.25, -0.2) is 0 Å². The summed E-state index contributed by atoms with van der Waals surface area (Å²) in [4.78, 5) is 20.7. The van der Waals surface area contributed by atoms with E-state index in [1.54, 1.807) is 18.2 Å². The molecule has 204 valence electrons. The first kappa shape index (κ1) is 25.8. The molecule has 0 saturated carbocycles. The fourth-order valence-electron chi connectivity index (χ4n) is 6.48. The highest BCUT2D eigenvalue weighted by molar-refractivity contribution is 6.14. The number of hydrogen-bond donors (Lipinski definition) is 1. The van der Waals surface area contributed by atoms with Gasteiger partial charge < -0.3 is 19.6 Å². The topological polar surface area (TPSA) is 56.2 Å². The molecule has 2 heterocycles. The maximum absolute atomic E-state index is 14.3. The number of aromatic hydroxyl groups is 1. The van der Waals surface area contributed by atoms with E-state index in [4.69, 9.17) is 4.74 Å². The third-order valence-electron chi connectivity index (χ3n) is 8.36. The van der Waals surface area contributed by atoms with Crippen LogP contribution in [0.3, 0.4) is 0 Å². The fraction of sp³-hybridized carbons (Fsp3) is 0.265. The molecular formula is C34H35N3O3. The summed E-state index contributed by atoms with van der Waals surface area (Å²) >= 11 is 0. The van der Waals surface area contributed by atoms with E-state index in [2.05, 4.69) is 73.9 Å². The zero-order valence-electron chi connectivity index (χ0n) is 23.5. The average molecular weight is 534 g/mol. The van der Waals surface area contributed by atoms with E-state index >= 15 is 0 Å². The van der Waals surface area contributed by atoms with Crippen molar-refractivity contribution in [3.05, 3.63) is 107 Å². The van der Waals surface area contributed by atoms with E-state index in [9.17, 15) is 9.90 Å². The van der Waals surface area contributed by atoms with Crippen LogP contribution in [0.5, 0.6) is 17.2 Å². The van der Waals surface area contributed by atoms with Crippen molar-refractivity contribution < 1.29 is 14.6 Å². The van der Waals surface area contributed by atoms with Crippen molar-refractivity contribution in [3.63, 3.8) is 0 Å². The van der Waals surface area contributed by atoms with E-state index < -0.39 is 5.54 Å². The van der Waals surface area contributed by atoms with Gasteiger partial charge in [0.05, 0.1) is 0 Å². The molecule has 40 heavy (non-hydrogen) atoms. The normalized spacial score (nSPS) is 14.4. The van der Waals surface area contributed by atoms with Crippen LogP contribution in [0.1, 0.15) is 54.7 Å². The summed E-state index contributed by atoms with van der Waals surface area (Å²) < 4.78 is 6.74. The number of nitrogens with zero attached hydrogens (tertiary/aromatic N) is 3. The van der Waals surface area contributed by atoms with Gasteiger partial charge in [0, 0.05) is 83.7 Å². The number of carbonyl (C=O) groups excluding carboxylic acids is 1. The molecule has 1 amide bonds. The van der Waals surface area contributed by atoms with Crippen LogP contribution in [0.4, 0.5) is 17.1 Å². The molecule has 0 radical (unpaired) electrons. The number of ether oxygens (including phenoxy) is 1. The molecule has 0 aromatic heterocycles. The number of amides is 1. The second-order valence-electron chi connectivity index (χ2n) is 10.2. The van der Waals surface area contributed by atoms with Crippen molar-refractivity contribution in [1.82, 2.24) is 0 Å². The first-order chi connectivity index (χ1) is 19.5. The maximum atomic E-state index is 14.3. The highest BCUT2D eigenvalue weighted by Crippen LogP contribution is 2.59. The Bertz CT molecular complexity index is 1530. The van der Waals surface area contributed by atoms with Crippen molar-refractivity contribution in [2.45, 2.75) is 33.2 Å². The molecule has 2 aliphatic heterocycles. The van der Waals surface area contributed by atoms with Gasteiger partial charge in [0.2, 0.25) is 0 Å². The van der Waals surface area contributed by atoms with Crippen LogP contribution < -0.4 is 19.4 Å². The zero-order valence-corrected chi connectivity index (χ0v) is 23.5. The smallest absolute Gasteiger partial charge is 0.260 e. The lowest BCUT2D eigenvalue weighted by Crippen LogP contribution is -2.47. The molecule has 6 heteroatoms. The van der Waals surface area contributed by atoms with Crippen molar-refractivity contribution in [2.24, 2.45) is 0 Å². The third kappa shape index (κ3) is 3.66. The van der Waals surface area contributed by atoms with Gasteiger partial charge in [-0.2, -0.15) is 0 Å². The number of benzene rings is 4. The monoisotopic (exact) mass is 533 g/mol. The predicted octanol–water partition coefficient (Wildman–Crippen LogP) is 7.14. The average Bonchev–Trinajstić information content (AvgIpc) is 3.23. The standard InChI is InChI=1S/C34H35N3O3/c1-5-35(6-2)23-16-18-29-31(21-23)40-32-22-24(36(7-3)8-4)17-19-30(32)34(29)28-15-10-9-14-27(28)33(39)37(34)25-12-11-13-26(38)20-25/h9-22,38H,5-8H2,1-4H3. The summed E-state index contributed by atoms with van der Waals surface area (Å²) in [6.45, 7) is 12.1. The van der Waals surface area contributed by atoms with E-state index in [1.165, 1.54) is 0 Å². The van der Waals surface area contributed by atoms with E-state index in [1.807, 2.05) is 35.2 Å². The number of fused-ring (bicyclic) bond motifs is 6. The highest BCUT2D eigenvalue weighted by atomic mass is 16.5. The molecule has 0 fully saturated rings. The minimum atomic E-state index is -0.978. The molecule has 6 rings (SSSR count). The van der Waals surface area contributed by atoms with Crippen LogP contribution in [-0.2, 0) is 5.54 Å². The van der Waals surface area contributed by atoms with Crippen LogP contribution in [0.15, 0.2) is 84.9 Å². The zero-order chi connectivity index (χ0) is 28.0. The molecule has 0 unspecified atom stereocenters. The highest BCUT2D eigenvalue weighted by Gasteiger charge is 2.57. The Kier molecular flexibility index (Phi) is 6.41. The Morgan fingerprint density at radius 1 is 0.700 bits per heavy atom. The third-order valence-corrected chi connectivity index (χ3v) is 8.36. The van der Waals surface area contributed by atoms with Gasteiger partial charge in [-0.1, -0.05) is 36.4 Å². The number of phenols is 1. The van der Waals surface area contributed by atoms with Crippen LogP contribution in [0.25, 0.3) is 0 Å². The number of carbonyl (C=O) groups is 1. The van der Waals surface area contributed by atoms with E-state index in [0.717, 1.165) is 65.7 Å². The molecule has 4 aromatic rings. The lowest BCUT2D eigenvalue weighted by molar-refractivity contribution is 0.0985. The van der Waals surface area contributed by atoms with Crippen molar-refractivity contribution in [3.8, 4) is 17.2 Å². The second-order valence-corrected chi connectivity index (χ2v) is 10.2. The Hall–Kier alpha value is -4.45. The Morgan fingerprint density at radius 2 is 1.27 bits per heavy atom. The van der Waals surface area contributed by atoms with Gasteiger partial charge in [-0.15, -0.1) is 0 Å². The first-order valence-electron chi connectivity index (χ1n) is 14.2. The molecule has 4 aromatic carbocycles. The molecule has 6 nitrogen and oxygen atoms in total. The summed E-state index contributed by atoms with van der Waals surface area (Å²) in [6, 6.07) is 27.5. The summed E-state index contributed by atoms with van der Waals surface area (Å²) in [5.41, 5.74) is 5.13. The minimum absolute atomic E-state index is 0.109. The molecular weight excluding hydrogens is 498 g/mol. The SMILES string of the molecule is CCN(CC)c1ccc2c(c1)Oc1cc(N(CC)CC)ccc1C21c2ccccc2C(=O)N1c1cccc(O)c1. The minimum Gasteiger partial charge on any atom is -0.508 e. The maximum Gasteiger partial charge on any atom is 0.260 e. The van der Waals surface area contributed by atoms with E-state index in [0.29, 0.717) is 11.3 Å². The summed E-state index contributed by atoms with van der Waals surface area (Å²) in [5.74, 6) is 1.45. The lowest BCUT2D eigenvalue weighted by Gasteiger charge is -2.44. The number of phenolic OH excluding ortho intramolecular Hbond substituents is 1. The Balaban J connectivity index is 1.70. The summed E-state index contributed by atoms with van der Waals surface area (Å²) in [5, 5.41) is 10.5. The van der Waals surface area contributed by atoms with Crippen LogP contribution in [0, 0.1) is 0 Å². The Morgan fingerprint density at radius 3 is 1.82 bits per heavy atom. The molecule has 2 aliphatic rings. The van der Waals surface area contributed by atoms with E-state index in [-0.39, 0.29) is 11.7 Å². The molecule has 1 spiro atoms. The van der Waals surface area contributed by atoms with Crippen LogP contribution >= 0.6 is 0 Å². The summed E-state index contributed by atoms with van der Waals surface area (Å²) in [6.07, 6.45) is 0. The van der Waals surface area contributed by atoms with Gasteiger partial charge in [-0.3, -0.25) is 9.69 Å². The molecule has 0 atom stereocenters. The number of hydrogen-bond acceptors (Lipinski definition) is 5. The summed E-state index contributed by atoms with van der Waals surface area (Å²) in [7, 11) is 0. The van der Waals surface area contributed by atoms with Gasteiger partial charge in [0.15, 0.2) is 0 Å². The molecule has 0 bridgehead atoms. The molecule has 1 N–H and O–H groups in total.